The van der Waals surface area contributed by atoms with Gasteiger partial charge in [0.25, 0.3) is 5.91 Å². The van der Waals surface area contributed by atoms with E-state index >= 15 is 4.39 Å². The molecule has 3 aliphatic heterocycles. The summed E-state index contributed by atoms with van der Waals surface area (Å²) in [6, 6.07) is -0.763. The molecule has 1 amide bonds. The van der Waals surface area contributed by atoms with Crippen molar-refractivity contribution >= 4 is 11.7 Å². The number of ketones is 1. The van der Waals surface area contributed by atoms with Crippen LogP contribution in [-0.2, 0) is 25.6 Å². The van der Waals surface area contributed by atoms with Gasteiger partial charge >= 0.3 is 0 Å². The molecule has 3 aliphatic carbocycles. The van der Waals surface area contributed by atoms with Gasteiger partial charge in [-0.1, -0.05) is 12.8 Å². The molecule has 0 spiro atoms. The van der Waals surface area contributed by atoms with Gasteiger partial charge in [-0.2, -0.15) is 0 Å². The molecule has 11 atom stereocenters. The second-order valence-electron chi connectivity index (χ2n) is 14.6. The van der Waals surface area contributed by atoms with Crippen molar-refractivity contribution in [2.75, 3.05) is 33.7 Å². The third-order valence-corrected chi connectivity index (χ3v) is 11.5. The molecule has 11 heteroatoms. The summed E-state index contributed by atoms with van der Waals surface area (Å²) >= 11 is 0. The zero-order valence-corrected chi connectivity index (χ0v) is 26.9. The highest BCUT2D eigenvalue weighted by molar-refractivity contribution is 6.20. The molecule has 248 valence electrons. The van der Waals surface area contributed by atoms with Crippen molar-refractivity contribution in [1.29, 1.82) is 0 Å². The molecule has 6 aliphatic rings. The second-order valence-corrected chi connectivity index (χ2v) is 14.6. The van der Waals surface area contributed by atoms with E-state index < -0.39 is 24.2 Å². The van der Waals surface area contributed by atoms with Gasteiger partial charge in [-0.3, -0.25) is 9.59 Å². The van der Waals surface area contributed by atoms with E-state index in [4.69, 9.17) is 9.47 Å². The number of alkyl halides is 1. The first-order valence-corrected chi connectivity index (χ1v) is 17.5. The van der Waals surface area contributed by atoms with Crippen molar-refractivity contribution in [3.63, 3.8) is 0 Å². The Labute approximate surface area is 266 Å². The van der Waals surface area contributed by atoms with E-state index in [2.05, 4.69) is 39.5 Å². The molecular weight excluding hydrogens is 575 g/mol. The number of fused-ring (bicyclic) bond motifs is 5. The molecule has 45 heavy (non-hydrogen) atoms. The number of ether oxygens (including phenoxy) is 2. The number of imidazole rings is 1. The van der Waals surface area contributed by atoms with Crippen LogP contribution in [0.2, 0.25) is 0 Å². The van der Waals surface area contributed by atoms with Crippen molar-refractivity contribution in [1.82, 2.24) is 30.0 Å². The summed E-state index contributed by atoms with van der Waals surface area (Å²) in [4.78, 5) is 35.9. The van der Waals surface area contributed by atoms with E-state index in [9.17, 15) is 9.59 Å². The van der Waals surface area contributed by atoms with Crippen molar-refractivity contribution in [2.24, 2.45) is 17.8 Å². The maximum Gasteiger partial charge on any atom is 0.256 e. The lowest BCUT2D eigenvalue weighted by Gasteiger charge is -2.60. The van der Waals surface area contributed by atoms with Gasteiger partial charge in [0.05, 0.1) is 54.4 Å². The van der Waals surface area contributed by atoms with Gasteiger partial charge in [0, 0.05) is 37.6 Å². The Balaban J connectivity index is 1.11. The molecule has 11 unspecified atom stereocenters. The summed E-state index contributed by atoms with van der Waals surface area (Å²) in [6.07, 6.45) is 15.3. The fourth-order valence-corrected chi connectivity index (χ4v) is 9.43. The van der Waals surface area contributed by atoms with Crippen LogP contribution in [0.15, 0.2) is 30.5 Å². The van der Waals surface area contributed by atoms with Crippen molar-refractivity contribution in [3.05, 3.63) is 30.5 Å². The monoisotopic (exact) mass is 626 g/mol. The molecule has 0 bridgehead atoms. The Morgan fingerprint density at radius 3 is 2.73 bits per heavy atom. The van der Waals surface area contributed by atoms with Gasteiger partial charge in [0.15, 0.2) is 5.78 Å². The lowest BCUT2D eigenvalue weighted by atomic mass is 9.67. The number of unbranched alkanes of at least 4 members (excludes halogenated alkanes) is 1. The molecule has 1 aromatic rings. The highest BCUT2D eigenvalue weighted by atomic mass is 19.1. The van der Waals surface area contributed by atoms with E-state index in [0.29, 0.717) is 31.0 Å². The summed E-state index contributed by atoms with van der Waals surface area (Å²) in [5.41, 5.74) is 0.156. The highest BCUT2D eigenvalue weighted by Gasteiger charge is 2.61. The molecule has 3 saturated carbocycles. The van der Waals surface area contributed by atoms with Gasteiger partial charge < -0.3 is 34.5 Å². The lowest BCUT2D eigenvalue weighted by Crippen LogP contribution is -2.73. The number of nitrogens with zero attached hydrogens (tertiary/aromatic N) is 4. The largest absolute Gasteiger partial charge is 0.374 e. The first kappa shape index (κ1) is 31.3. The number of amides is 1. The fourth-order valence-electron chi connectivity index (χ4n) is 9.43. The Bertz CT molecular complexity index is 1230. The number of rotatable bonds is 11. The van der Waals surface area contributed by atoms with Crippen LogP contribution in [0, 0.1) is 17.8 Å². The molecular formula is C34H51FN6O4. The summed E-state index contributed by atoms with van der Waals surface area (Å²) in [5.74, 6) is -0.192. The van der Waals surface area contributed by atoms with Crippen molar-refractivity contribution in [3.8, 4) is 0 Å². The van der Waals surface area contributed by atoms with E-state index in [1.807, 2.05) is 17.0 Å². The van der Waals surface area contributed by atoms with Crippen molar-refractivity contribution in [2.45, 2.75) is 119 Å². The van der Waals surface area contributed by atoms with Gasteiger partial charge in [0.2, 0.25) is 0 Å². The molecule has 4 heterocycles. The Kier molecular flexibility index (Phi) is 9.32. The molecule has 5 fully saturated rings. The number of carbonyl (C=O) groups excluding carboxylic acids is 2. The minimum Gasteiger partial charge on any atom is -0.374 e. The Hall–Kier alpha value is -2.34. The number of Topliss-reactive ketones (excluding diaryl/α,β-unsaturated/α-hetero) is 1. The van der Waals surface area contributed by atoms with Crippen LogP contribution < -0.4 is 10.6 Å². The third-order valence-electron chi connectivity index (χ3n) is 11.5. The first-order valence-electron chi connectivity index (χ1n) is 17.5. The molecule has 2 saturated heterocycles. The maximum atomic E-state index is 16.1. The average molecular weight is 627 g/mol. The Morgan fingerprint density at radius 2 is 1.91 bits per heavy atom. The summed E-state index contributed by atoms with van der Waals surface area (Å²) < 4.78 is 31.7. The topological polar surface area (TPSA) is 101 Å². The minimum atomic E-state index is -1.22. The zero-order chi connectivity index (χ0) is 31.1. The first-order chi connectivity index (χ1) is 21.9. The van der Waals surface area contributed by atoms with Gasteiger partial charge in [-0.05, 0) is 90.4 Å². The van der Waals surface area contributed by atoms with Crippen LogP contribution in [0.4, 0.5) is 4.39 Å². The summed E-state index contributed by atoms with van der Waals surface area (Å²) in [5, 5.41) is 6.50. The van der Waals surface area contributed by atoms with Crippen LogP contribution >= 0.6 is 0 Å². The highest BCUT2D eigenvalue weighted by Crippen LogP contribution is 2.52. The van der Waals surface area contributed by atoms with Gasteiger partial charge in [-0.15, -0.1) is 0 Å². The minimum absolute atomic E-state index is 0.00389. The predicted octanol–water partition coefficient (Wildman–Crippen LogP) is 2.69. The SMILES string of the molecule is CN(C)CCCCNC1C(F)CC2C(=O)C(C(=O)NCCCn3ccnc3)=CN3C4CC5OC6CCCCC6C5CC4OC1C23. The van der Waals surface area contributed by atoms with Crippen LogP contribution in [0.5, 0.6) is 0 Å². The fraction of sp³-hybridized carbons (Fsp3) is 0.794. The molecule has 1 aromatic heterocycles. The smallest absolute Gasteiger partial charge is 0.256 e. The molecule has 7 rings (SSSR count). The third kappa shape index (κ3) is 6.22. The Morgan fingerprint density at radius 1 is 1.04 bits per heavy atom. The number of morpholine rings is 1. The molecule has 10 nitrogen and oxygen atoms in total. The van der Waals surface area contributed by atoms with E-state index in [1.54, 1.807) is 12.5 Å². The second kappa shape index (κ2) is 13.4. The van der Waals surface area contributed by atoms with Crippen molar-refractivity contribution < 1.29 is 23.5 Å². The van der Waals surface area contributed by atoms with E-state index in [-0.39, 0.29) is 48.0 Å². The van der Waals surface area contributed by atoms with Crippen LogP contribution in [-0.4, -0.2) is 113 Å². The number of halogens is 1. The lowest BCUT2D eigenvalue weighted by molar-refractivity contribution is -0.209. The quantitative estimate of drug-likeness (QED) is 0.286. The zero-order valence-electron chi connectivity index (χ0n) is 26.9. The van der Waals surface area contributed by atoms with Crippen LogP contribution in [0.25, 0.3) is 0 Å². The van der Waals surface area contributed by atoms with E-state index in [1.165, 1.54) is 19.3 Å². The number of hydrogen-bond acceptors (Lipinski definition) is 8. The average Bonchev–Trinajstić information content (AvgIpc) is 3.68. The predicted molar refractivity (Wildman–Crippen MR) is 167 cm³/mol. The van der Waals surface area contributed by atoms with Crippen LogP contribution in [0.1, 0.15) is 64.2 Å². The molecule has 2 N–H and O–H groups in total. The standard InChI is InChI=1S/C34H51FN6O4/c1-39(2)13-6-5-10-37-30-25(35)16-23-31-33(30)45-29-17-22-21-8-3-4-9-27(21)44-28(22)18-26(29)41(31)19-24(32(23)42)34(43)38-11-7-14-40-15-12-36-20-40/h12,15,19-23,25-31,33,37H,3-11,13-14,16-18H2,1-2H3,(H,38,43). The number of carbonyl (C=O) groups is 2. The summed E-state index contributed by atoms with van der Waals surface area (Å²) in [6.45, 7) is 2.88. The number of aromatic nitrogens is 2. The van der Waals surface area contributed by atoms with E-state index in [0.717, 1.165) is 51.6 Å². The molecule has 0 aromatic carbocycles. The number of aryl methyl sites for hydroxylation is 1. The molecule has 0 radical (unpaired) electrons. The number of hydrogen-bond donors (Lipinski definition) is 2. The normalized spacial score (nSPS) is 38.7. The summed E-state index contributed by atoms with van der Waals surface area (Å²) in [7, 11) is 4.13. The van der Waals surface area contributed by atoms with Crippen LogP contribution in [0.3, 0.4) is 0 Å². The number of nitrogens with one attached hydrogen (secondary N) is 2. The maximum absolute atomic E-state index is 16.1. The van der Waals surface area contributed by atoms with Gasteiger partial charge in [0.1, 0.15) is 6.17 Å². The van der Waals surface area contributed by atoms with Gasteiger partial charge in [-0.25, -0.2) is 9.37 Å².